The van der Waals surface area contributed by atoms with Gasteiger partial charge in [-0.15, -0.1) is 0 Å². The molecule has 2 aromatic rings. The van der Waals surface area contributed by atoms with Crippen LogP contribution in [0.15, 0.2) is 48.5 Å². The predicted molar refractivity (Wildman–Crippen MR) is 99.2 cm³/mol. The van der Waals surface area contributed by atoms with Gasteiger partial charge in [-0.25, -0.2) is 0 Å². The highest BCUT2D eigenvalue weighted by Crippen LogP contribution is 2.41. The Morgan fingerprint density at radius 1 is 0.750 bits per heavy atom. The van der Waals surface area contributed by atoms with E-state index < -0.39 is 0 Å². The Bertz CT molecular complexity index is 734. The van der Waals surface area contributed by atoms with Crippen molar-refractivity contribution in [3.63, 3.8) is 0 Å². The fourth-order valence-corrected chi connectivity index (χ4v) is 5.49. The number of rotatable bonds is 1. The van der Waals surface area contributed by atoms with Crippen molar-refractivity contribution in [2.75, 3.05) is 6.54 Å². The fourth-order valence-electron chi connectivity index (χ4n) is 5.49. The van der Waals surface area contributed by atoms with E-state index in [1.807, 2.05) is 0 Å². The highest BCUT2D eigenvalue weighted by molar-refractivity contribution is 5.34. The van der Waals surface area contributed by atoms with Crippen LogP contribution in [-0.4, -0.2) is 17.5 Å². The molecule has 2 aliphatic carbocycles. The van der Waals surface area contributed by atoms with Gasteiger partial charge in [-0.05, 0) is 73.1 Å². The van der Waals surface area contributed by atoms with Crippen LogP contribution in [-0.2, 0) is 19.3 Å². The molecule has 4 aliphatic rings. The molecule has 24 heavy (non-hydrogen) atoms. The lowest BCUT2D eigenvalue weighted by molar-refractivity contribution is 0.0493. The van der Waals surface area contributed by atoms with Crippen LogP contribution in [0.25, 0.3) is 0 Å². The maximum absolute atomic E-state index is 2.90. The van der Waals surface area contributed by atoms with Crippen molar-refractivity contribution in [1.29, 1.82) is 0 Å². The van der Waals surface area contributed by atoms with Gasteiger partial charge in [0.2, 0.25) is 0 Å². The van der Waals surface area contributed by atoms with Crippen molar-refractivity contribution in [2.24, 2.45) is 5.92 Å². The van der Waals surface area contributed by atoms with Crippen LogP contribution in [0.3, 0.4) is 0 Å². The Morgan fingerprint density at radius 2 is 1.50 bits per heavy atom. The molecule has 124 valence electrons. The molecule has 2 aromatic carbocycles. The molecule has 2 heterocycles. The largest absolute Gasteiger partial charge is 0.293 e. The van der Waals surface area contributed by atoms with Crippen LogP contribution in [0, 0.1) is 5.92 Å². The average Bonchev–Trinajstić information content (AvgIpc) is 2.61. The van der Waals surface area contributed by atoms with E-state index in [4.69, 9.17) is 0 Å². The Labute approximate surface area is 145 Å². The number of aryl methyl sites for hydroxylation is 1. The van der Waals surface area contributed by atoms with E-state index in [9.17, 15) is 0 Å². The van der Waals surface area contributed by atoms with Crippen LogP contribution in [0.1, 0.15) is 54.0 Å². The summed E-state index contributed by atoms with van der Waals surface area (Å²) in [6, 6.07) is 19.8. The highest BCUT2D eigenvalue weighted by atomic mass is 15.2. The van der Waals surface area contributed by atoms with Gasteiger partial charge < -0.3 is 0 Å². The molecule has 3 atom stereocenters. The summed E-state index contributed by atoms with van der Waals surface area (Å²) in [4.78, 5) is 2.90. The van der Waals surface area contributed by atoms with E-state index >= 15 is 0 Å². The zero-order chi connectivity index (χ0) is 15.9. The van der Waals surface area contributed by atoms with Gasteiger partial charge in [-0.1, -0.05) is 48.5 Å². The van der Waals surface area contributed by atoms with Gasteiger partial charge in [0.1, 0.15) is 0 Å². The first-order chi connectivity index (χ1) is 11.9. The smallest absolute Gasteiger partial charge is 0.0354 e. The quantitative estimate of drug-likeness (QED) is 0.720. The maximum Gasteiger partial charge on any atom is 0.0354 e. The molecular formula is C23H27N. The number of nitrogens with zero attached hydrogens (tertiary/aromatic N) is 1. The molecule has 2 bridgehead atoms. The molecule has 0 aromatic heterocycles. The molecule has 0 radical (unpaired) electrons. The summed E-state index contributed by atoms with van der Waals surface area (Å²) in [6.45, 7) is 1.30. The van der Waals surface area contributed by atoms with Gasteiger partial charge in [0.15, 0.2) is 0 Å². The molecule has 1 nitrogen and oxygen atoms in total. The van der Waals surface area contributed by atoms with Gasteiger partial charge in [0.25, 0.3) is 0 Å². The molecular weight excluding hydrogens is 290 g/mol. The summed E-state index contributed by atoms with van der Waals surface area (Å²) in [5.74, 6) is 0.844. The lowest BCUT2D eigenvalue weighted by atomic mass is 9.77. The van der Waals surface area contributed by atoms with Crippen molar-refractivity contribution >= 4 is 0 Å². The molecule has 1 fully saturated rings. The minimum atomic E-state index is 0.660. The van der Waals surface area contributed by atoms with Crippen molar-refractivity contribution in [1.82, 2.24) is 4.90 Å². The third-order valence-electron chi connectivity index (χ3n) is 6.67. The topological polar surface area (TPSA) is 3.24 Å². The van der Waals surface area contributed by atoms with Crippen LogP contribution >= 0.6 is 0 Å². The molecule has 0 spiro atoms. The van der Waals surface area contributed by atoms with E-state index in [1.165, 1.54) is 51.5 Å². The molecule has 6 rings (SSSR count). The van der Waals surface area contributed by atoms with Gasteiger partial charge in [-0.3, -0.25) is 4.90 Å². The van der Waals surface area contributed by atoms with E-state index in [2.05, 4.69) is 53.4 Å². The second kappa shape index (κ2) is 6.04. The molecule has 2 aliphatic heterocycles. The van der Waals surface area contributed by atoms with Gasteiger partial charge >= 0.3 is 0 Å². The van der Waals surface area contributed by atoms with Crippen LogP contribution in [0.5, 0.6) is 0 Å². The monoisotopic (exact) mass is 317 g/mol. The summed E-state index contributed by atoms with van der Waals surface area (Å²) in [5, 5.41) is 0. The Kier molecular flexibility index (Phi) is 3.70. The molecule has 1 unspecified atom stereocenters. The molecule has 0 amide bonds. The van der Waals surface area contributed by atoms with Crippen molar-refractivity contribution in [3.8, 4) is 0 Å². The number of hydrogen-bond acceptors (Lipinski definition) is 1. The fraction of sp³-hybridized carbons (Fsp3) is 0.478. The van der Waals surface area contributed by atoms with Crippen LogP contribution in [0.2, 0.25) is 0 Å². The zero-order valence-electron chi connectivity index (χ0n) is 14.5. The number of benzene rings is 2. The SMILES string of the molecule is c1ccc2c(c1)C[C@H]1CC[C@@H](C2)N(C2CCCc3ccccc32)C1. The second-order valence-corrected chi connectivity index (χ2v) is 8.08. The number of fused-ring (bicyclic) bond motifs is 3. The molecule has 0 N–H and O–H groups in total. The second-order valence-electron chi connectivity index (χ2n) is 8.08. The Morgan fingerprint density at radius 3 is 2.38 bits per heavy atom. The molecule has 1 heteroatoms. The minimum Gasteiger partial charge on any atom is -0.293 e. The van der Waals surface area contributed by atoms with Crippen molar-refractivity contribution in [2.45, 2.75) is 57.0 Å². The third-order valence-corrected chi connectivity index (χ3v) is 6.67. The maximum atomic E-state index is 2.90. The third kappa shape index (κ3) is 2.50. The van der Waals surface area contributed by atoms with Crippen LogP contribution < -0.4 is 0 Å². The predicted octanol–water partition coefficient (Wildman–Crippen LogP) is 4.94. The first kappa shape index (κ1) is 14.7. The molecule has 1 saturated heterocycles. The lowest BCUT2D eigenvalue weighted by Crippen LogP contribution is -2.48. The van der Waals surface area contributed by atoms with Gasteiger partial charge in [0.05, 0.1) is 0 Å². The van der Waals surface area contributed by atoms with E-state index in [0.717, 1.165) is 12.0 Å². The van der Waals surface area contributed by atoms with Gasteiger partial charge in [-0.2, -0.15) is 0 Å². The Hall–Kier alpha value is -1.60. The summed E-state index contributed by atoms with van der Waals surface area (Å²) >= 11 is 0. The van der Waals surface area contributed by atoms with Crippen molar-refractivity contribution < 1.29 is 0 Å². The Balaban J connectivity index is 1.50. The van der Waals surface area contributed by atoms with E-state index in [0.29, 0.717) is 6.04 Å². The zero-order valence-corrected chi connectivity index (χ0v) is 14.5. The minimum absolute atomic E-state index is 0.660. The summed E-state index contributed by atoms with van der Waals surface area (Å²) in [6.07, 6.45) is 9.32. The summed E-state index contributed by atoms with van der Waals surface area (Å²) in [7, 11) is 0. The average molecular weight is 317 g/mol. The highest BCUT2D eigenvalue weighted by Gasteiger charge is 2.37. The van der Waals surface area contributed by atoms with Crippen molar-refractivity contribution in [3.05, 3.63) is 70.8 Å². The standard InChI is InChI=1S/C23H27N/c1-2-8-20-15-21-13-12-17(14-19(20)7-1)16-24(21)23-11-5-9-18-6-3-4-10-22(18)23/h1-4,6-8,10,17,21,23H,5,9,11-16H2/t17-,21+,23?/m1/s1. The van der Waals surface area contributed by atoms with E-state index in [-0.39, 0.29) is 0 Å². The first-order valence-corrected chi connectivity index (χ1v) is 9.79. The first-order valence-electron chi connectivity index (χ1n) is 9.79. The van der Waals surface area contributed by atoms with Crippen LogP contribution in [0.4, 0.5) is 0 Å². The summed E-state index contributed by atoms with van der Waals surface area (Å²) in [5.41, 5.74) is 6.47. The van der Waals surface area contributed by atoms with Gasteiger partial charge in [0, 0.05) is 18.6 Å². The number of hydrogen-bond donors (Lipinski definition) is 0. The lowest BCUT2D eigenvalue weighted by Gasteiger charge is -2.48. The summed E-state index contributed by atoms with van der Waals surface area (Å²) < 4.78 is 0. The number of piperidine rings is 1. The normalized spacial score (nSPS) is 29.4. The van der Waals surface area contributed by atoms with E-state index in [1.54, 1.807) is 22.3 Å². The molecule has 0 saturated carbocycles.